The van der Waals surface area contributed by atoms with Gasteiger partial charge in [-0.2, -0.15) is 5.10 Å². The summed E-state index contributed by atoms with van der Waals surface area (Å²) in [6.07, 6.45) is 11.5. The topological polar surface area (TPSA) is 54.1 Å². The van der Waals surface area contributed by atoms with Gasteiger partial charge in [0.15, 0.2) is 0 Å². The summed E-state index contributed by atoms with van der Waals surface area (Å²) in [6, 6.07) is 12.3. The van der Waals surface area contributed by atoms with Crippen molar-refractivity contribution in [2.75, 3.05) is 13.2 Å². The third kappa shape index (κ3) is 4.59. The van der Waals surface area contributed by atoms with E-state index in [2.05, 4.69) is 61.2 Å². The van der Waals surface area contributed by atoms with E-state index in [1.165, 1.54) is 12.0 Å². The fraction of sp³-hybridized carbons (Fsp3) is 0.333. The van der Waals surface area contributed by atoms with Gasteiger partial charge in [0.2, 0.25) is 0 Å². The quantitative estimate of drug-likeness (QED) is 0.256. The predicted octanol–water partition coefficient (Wildman–Crippen LogP) is 5.58. The molecule has 1 aromatic carbocycles. The lowest BCUT2D eigenvalue weighted by Crippen LogP contribution is -2.18. The maximum atomic E-state index is 5.91. The molecule has 5 rings (SSSR count). The normalized spacial score (nSPS) is 16.7. The van der Waals surface area contributed by atoms with Gasteiger partial charge in [-0.1, -0.05) is 30.3 Å². The number of halogens is 1. The summed E-state index contributed by atoms with van der Waals surface area (Å²) < 4.78 is 16.8. The molecule has 0 N–H and O–H groups in total. The molecule has 1 atom stereocenters. The van der Waals surface area contributed by atoms with Crippen LogP contribution in [0.5, 0.6) is 0 Å². The SMILES string of the molecule is Brc1cc2c(-c3cnn(C4CCCCO4)c3)cn(CCOCc3ccccc3)c2cn1. The third-order valence-corrected chi connectivity index (χ3v) is 6.12. The van der Waals surface area contributed by atoms with Gasteiger partial charge in [0.1, 0.15) is 10.8 Å². The predicted molar refractivity (Wildman–Crippen MR) is 124 cm³/mol. The van der Waals surface area contributed by atoms with Gasteiger partial charge in [-0.25, -0.2) is 9.67 Å². The van der Waals surface area contributed by atoms with Crippen molar-refractivity contribution in [1.82, 2.24) is 19.3 Å². The van der Waals surface area contributed by atoms with Crippen molar-refractivity contribution in [2.45, 2.75) is 38.6 Å². The molecule has 6 nitrogen and oxygen atoms in total. The Kier molecular flexibility index (Phi) is 6.15. The van der Waals surface area contributed by atoms with Crippen LogP contribution < -0.4 is 0 Å². The highest BCUT2D eigenvalue weighted by Crippen LogP contribution is 2.33. The van der Waals surface area contributed by atoms with Crippen LogP contribution in [0.1, 0.15) is 31.1 Å². The Labute approximate surface area is 189 Å². The van der Waals surface area contributed by atoms with E-state index in [9.17, 15) is 0 Å². The molecule has 0 saturated carbocycles. The summed E-state index contributed by atoms with van der Waals surface area (Å²) in [6.45, 7) is 2.81. The highest BCUT2D eigenvalue weighted by molar-refractivity contribution is 9.10. The third-order valence-electron chi connectivity index (χ3n) is 5.69. The molecule has 160 valence electrons. The zero-order valence-electron chi connectivity index (χ0n) is 17.3. The van der Waals surface area contributed by atoms with Crippen molar-refractivity contribution in [2.24, 2.45) is 0 Å². The number of hydrogen-bond donors (Lipinski definition) is 0. The van der Waals surface area contributed by atoms with E-state index in [-0.39, 0.29) is 6.23 Å². The van der Waals surface area contributed by atoms with Crippen LogP contribution in [0.15, 0.2) is 65.8 Å². The molecule has 0 aliphatic carbocycles. The molecule has 31 heavy (non-hydrogen) atoms. The largest absolute Gasteiger partial charge is 0.375 e. The minimum Gasteiger partial charge on any atom is -0.375 e. The van der Waals surface area contributed by atoms with E-state index in [0.717, 1.165) is 52.6 Å². The zero-order chi connectivity index (χ0) is 21.0. The number of ether oxygens (including phenoxy) is 2. The van der Waals surface area contributed by atoms with E-state index in [1.54, 1.807) is 0 Å². The number of pyridine rings is 1. The minimum atomic E-state index is 0.0376. The summed E-state index contributed by atoms with van der Waals surface area (Å²) >= 11 is 3.52. The van der Waals surface area contributed by atoms with Crippen molar-refractivity contribution < 1.29 is 9.47 Å². The van der Waals surface area contributed by atoms with Crippen LogP contribution in [0.25, 0.3) is 22.0 Å². The fourth-order valence-corrected chi connectivity index (χ4v) is 4.40. The Balaban J connectivity index is 1.36. The molecule has 1 aliphatic heterocycles. The second kappa shape index (κ2) is 9.34. The summed E-state index contributed by atoms with van der Waals surface area (Å²) in [5.74, 6) is 0. The molecule has 1 fully saturated rings. The molecule has 0 radical (unpaired) electrons. The van der Waals surface area contributed by atoms with Gasteiger partial charge in [-0.15, -0.1) is 0 Å². The van der Waals surface area contributed by atoms with E-state index >= 15 is 0 Å². The summed E-state index contributed by atoms with van der Waals surface area (Å²) in [5, 5.41) is 5.74. The average molecular weight is 481 g/mol. The lowest BCUT2D eigenvalue weighted by molar-refractivity contribution is -0.0394. The molecular weight excluding hydrogens is 456 g/mol. The number of nitrogens with zero attached hydrogens (tertiary/aromatic N) is 4. The standard InChI is InChI=1S/C24H25BrN4O2/c25-23-12-20-21(19-13-27-29(15-19)24-8-4-5-10-31-24)16-28(22(20)14-26-23)9-11-30-17-18-6-2-1-3-7-18/h1-3,6-7,12-16,24H,4-5,8-11,17H2. The lowest BCUT2D eigenvalue weighted by Gasteiger charge is -2.22. The van der Waals surface area contributed by atoms with E-state index in [1.807, 2.05) is 35.3 Å². The van der Waals surface area contributed by atoms with Crippen LogP contribution in [0.2, 0.25) is 0 Å². The molecule has 1 saturated heterocycles. The van der Waals surface area contributed by atoms with E-state index in [0.29, 0.717) is 13.2 Å². The summed E-state index contributed by atoms with van der Waals surface area (Å²) in [5.41, 5.74) is 4.50. The fourth-order valence-electron chi connectivity index (χ4n) is 4.07. The van der Waals surface area contributed by atoms with Crippen LogP contribution in [0, 0.1) is 0 Å². The number of aromatic nitrogens is 4. The Morgan fingerprint density at radius 3 is 2.87 bits per heavy atom. The van der Waals surface area contributed by atoms with Gasteiger partial charge >= 0.3 is 0 Å². The first-order chi connectivity index (χ1) is 15.3. The van der Waals surface area contributed by atoms with Crippen LogP contribution in [-0.2, 0) is 22.6 Å². The zero-order valence-corrected chi connectivity index (χ0v) is 18.9. The van der Waals surface area contributed by atoms with Gasteiger partial charge in [0.25, 0.3) is 0 Å². The molecular formula is C24H25BrN4O2. The monoisotopic (exact) mass is 480 g/mol. The second-order valence-electron chi connectivity index (χ2n) is 7.83. The molecule has 4 heterocycles. The Hall–Kier alpha value is -2.48. The molecule has 0 bridgehead atoms. The summed E-state index contributed by atoms with van der Waals surface area (Å²) in [7, 11) is 0. The van der Waals surface area contributed by atoms with Gasteiger partial charge < -0.3 is 14.0 Å². The molecule has 1 aliphatic rings. The Morgan fingerprint density at radius 1 is 1.13 bits per heavy atom. The van der Waals surface area contributed by atoms with Crippen molar-refractivity contribution in [3.05, 3.63) is 71.4 Å². The first-order valence-corrected chi connectivity index (χ1v) is 11.5. The molecule has 1 unspecified atom stereocenters. The van der Waals surface area contributed by atoms with Crippen molar-refractivity contribution >= 4 is 26.8 Å². The first-order valence-electron chi connectivity index (χ1n) is 10.7. The van der Waals surface area contributed by atoms with Gasteiger partial charge in [-0.3, -0.25) is 0 Å². The smallest absolute Gasteiger partial charge is 0.150 e. The van der Waals surface area contributed by atoms with Crippen LogP contribution in [0.3, 0.4) is 0 Å². The minimum absolute atomic E-state index is 0.0376. The average Bonchev–Trinajstić information content (AvgIpc) is 3.43. The molecule has 4 aromatic rings. The number of hydrogen-bond acceptors (Lipinski definition) is 4. The number of fused-ring (bicyclic) bond motifs is 1. The molecule has 0 amide bonds. The van der Waals surface area contributed by atoms with E-state index in [4.69, 9.17) is 9.47 Å². The van der Waals surface area contributed by atoms with Crippen LogP contribution in [0.4, 0.5) is 0 Å². The first kappa shape index (κ1) is 20.4. The molecule has 3 aromatic heterocycles. The highest BCUT2D eigenvalue weighted by atomic mass is 79.9. The van der Waals surface area contributed by atoms with Gasteiger partial charge in [-0.05, 0) is 46.8 Å². The van der Waals surface area contributed by atoms with Gasteiger partial charge in [0.05, 0.1) is 31.1 Å². The Bertz CT molecular complexity index is 1150. The van der Waals surface area contributed by atoms with Gasteiger partial charge in [0, 0.05) is 42.1 Å². The van der Waals surface area contributed by atoms with Crippen molar-refractivity contribution in [3.8, 4) is 11.1 Å². The van der Waals surface area contributed by atoms with Crippen LogP contribution in [-0.4, -0.2) is 32.5 Å². The maximum absolute atomic E-state index is 5.91. The summed E-state index contributed by atoms with van der Waals surface area (Å²) in [4.78, 5) is 4.44. The molecule has 0 spiro atoms. The van der Waals surface area contributed by atoms with Crippen molar-refractivity contribution in [1.29, 1.82) is 0 Å². The molecule has 7 heteroatoms. The highest BCUT2D eigenvalue weighted by Gasteiger charge is 2.18. The number of rotatable bonds is 7. The number of benzene rings is 1. The second-order valence-corrected chi connectivity index (χ2v) is 8.64. The lowest BCUT2D eigenvalue weighted by atomic mass is 10.1. The van der Waals surface area contributed by atoms with E-state index < -0.39 is 0 Å². The van der Waals surface area contributed by atoms with Crippen LogP contribution >= 0.6 is 15.9 Å². The van der Waals surface area contributed by atoms with Crippen molar-refractivity contribution in [3.63, 3.8) is 0 Å². The Morgan fingerprint density at radius 2 is 2.03 bits per heavy atom. The maximum Gasteiger partial charge on any atom is 0.150 e.